The molecule has 0 aliphatic carbocycles. The van der Waals surface area contributed by atoms with Crippen molar-refractivity contribution in [3.8, 4) is 0 Å². The van der Waals surface area contributed by atoms with Crippen molar-refractivity contribution < 1.29 is 9.13 Å². The van der Waals surface area contributed by atoms with E-state index in [9.17, 15) is 4.39 Å². The standard InChI is InChI=1S/C14H20FN3O/c1-19-11-5-3-7-18(9-11)8-10-4-2-6-12(13(10)15)14(16)17/h2,4,6,11H,3,5,7-9H2,1H3,(H3,16,17). The zero-order chi connectivity index (χ0) is 13.8. The van der Waals surface area contributed by atoms with Gasteiger partial charge >= 0.3 is 0 Å². The number of nitrogens with one attached hydrogen (secondary N) is 1. The molecule has 4 nitrogen and oxygen atoms in total. The van der Waals surface area contributed by atoms with Gasteiger partial charge in [0.25, 0.3) is 0 Å². The van der Waals surface area contributed by atoms with Gasteiger partial charge in [0.05, 0.1) is 11.7 Å². The average Bonchev–Trinajstić information content (AvgIpc) is 2.41. The Kier molecular flexibility index (Phi) is 4.50. The van der Waals surface area contributed by atoms with Crippen LogP contribution < -0.4 is 5.73 Å². The van der Waals surface area contributed by atoms with Crippen molar-refractivity contribution in [2.45, 2.75) is 25.5 Å². The number of amidine groups is 1. The van der Waals surface area contributed by atoms with Crippen LogP contribution in [0.3, 0.4) is 0 Å². The molecule has 0 bridgehead atoms. The summed E-state index contributed by atoms with van der Waals surface area (Å²) in [6, 6.07) is 5.03. The topological polar surface area (TPSA) is 62.3 Å². The molecule has 1 aromatic rings. The van der Waals surface area contributed by atoms with E-state index in [1.165, 1.54) is 6.07 Å². The van der Waals surface area contributed by atoms with Gasteiger partial charge in [-0.25, -0.2) is 4.39 Å². The second-order valence-corrected chi connectivity index (χ2v) is 4.93. The van der Waals surface area contributed by atoms with Crippen molar-refractivity contribution >= 4 is 5.84 Å². The lowest BCUT2D eigenvalue weighted by atomic mass is 10.0. The molecule has 5 heteroatoms. The SMILES string of the molecule is COC1CCCN(Cc2cccc(C(=N)N)c2F)C1. The minimum absolute atomic E-state index is 0.179. The van der Waals surface area contributed by atoms with Crippen LogP contribution in [0.4, 0.5) is 4.39 Å². The first kappa shape index (κ1) is 14.0. The smallest absolute Gasteiger partial charge is 0.138 e. The van der Waals surface area contributed by atoms with Crippen molar-refractivity contribution in [1.82, 2.24) is 4.90 Å². The van der Waals surface area contributed by atoms with Gasteiger partial charge in [-0.2, -0.15) is 0 Å². The van der Waals surface area contributed by atoms with Gasteiger partial charge in [-0.3, -0.25) is 10.3 Å². The molecule has 1 heterocycles. The molecule has 0 radical (unpaired) electrons. The van der Waals surface area contributed by atoms with Crippen LogP contribution in [0.5, 0.6) is 0 Å². The van der Waals surface area contributed by atoms with Gasteiger partial charge < -0.3 is 10.5 Å². The van der Waals surface area contributed by atoms with Crippen molar-refractivity contribution in [2.24, 2.45) is 5.73 Å². The minimum Gasteiger partial charge on any atom is -0.384 e. The van der Waals surface area contributed by atoms with Gasteiger partial charge in [0.15, 0.2) is 0 Å². The molecule has 1 saturated heterocycles. The molecule has 1 atom stereocenters. The summed E-state index contributed by atoms with van der Waals surface area (Å²) in [5.41, 5.74) is 6.14. The summed E-state index contributed by atoms with van der Waals surface area (Å²) in [5, 5.41) is 7.36. The molecule has 0 saturated carbocycles. The van der Waals surface area contributed by atoms with Crippen LogP contribution in [0, 0.1) is 11.2 Å². The molecule has 1 aliphatic heterocycles. The highest BCUT2D eigenvalue weighted by molar-refractivity contribution is 5.95. The number of ether oxygens (including phenoxy) is 1. The average molecular weight is 265 g/mol. The number of halogens is 1. The first-order valence-corrected chi connectivity index (χ1v) is 6.48. The molecular weight excluding hydrogens is 245 g/mol. The number of piperidine rings is 1. The number of benzene rings is 1. The van der Waals surface area contributed by atoms with Gasteiger partial charge in [-0.15, -0.1) is 0 Å². The summed E-state index contributed by atoms with van der Waals surface area (Å²) < 4.78 is 19.5. The summed E-state index contributed by atoms with van der Waals surface area (Å²) in [5.74, 6) is -0.609. The molecule has 104 valence electrons. The fourth-order valence-electron chi connectivity index (χ4n) is 2.50. The van der Waals surface area contributed by atoms with Gasteiger partial charge in [0, 0.05) is 25.8 Å². The Balaban J connectivity index is 2.10. The summed E-state index contributed by atoms with van der Waals surface area (Å²) in [7, 11) is 1.71. The van der Waals surface area contributed by atoms with E-state index in [1.807, 2.05) is 0 Å². The summed E-state index contributed by atoms with van der Waals surface area (Å²) >= 11 is 0. The Hall–Kier alpha value is -1.46. The van der Waals surface area contributed by atoms with Gasteiger partial charge in [0.1, 0.15) is 11.7 Å². The highest BCUT2D eigenvalue weighted by Gasteiger charge is 2.21. The van der Waals surface area contributed by atoms with Crippen LogP contribution in [0.25, 0.3) is 0 Å². The van der Waals surface area contributed by atoms with Crippen LogP contribution in [0.1, 0.15) is 24.0 Å². The lowest BCUT2D eigenvalue weighted by Gasteiger charge is -2.32. The van der Waals surface area contributed by atoms with Gasteiger partial charge in [-0.1, -0.05) is 12.1 Å². The predicted octanol–water partition coefficient (Wildman–Crippen LogP) is 1.72. The highest BCUT2D eigenvalue weighted by Crippen LogP contribution is 2.19. The molecule has 1 aliphatic rings. The lowest BCUT2D eigenvalue weighted by Crippen LogP contribution is -2.38. The molecular formula is C14H20FN3O. The van der Waals surface area contributed by atoms with Crippen LogP contribution >= 0.6 is 0 Å². The second-order valence-electron chi connectivity index (χ2n) is 4.93. The van der Waals surface area contributed by atoms with E-state index in [-0.39, 0.29) is 23.3 Å². The largest absolute Gasteiger partial charge is 0.384 e. The summed E-state index contributed by atoms with van der Waals surface area (Å²) in [6.07, 6.45) is 2.35. The first-order chi connectivity index (χ1) is 9.11. The van der Waals surface area contributed by atoms with Gasteiger partial charge in [0.2, 0.25) is 0 Å². The quantitative estimate of drug-likeness (QED) is 0.643. The third kappa shape index (κ3) is 3.30. The minimum atomic E-state index is -0.380. The molecule has 1 aromatic carbocycles. The molecule has 3 N–H and O–H groups in total. The van der Waals surface area contributed by atoms with E-state index in [2.05, 4.69) is 4.90 Å². The van der Waals surface area contributed by atoms with Gasteiger partial charge in [-0.05, 0) is 25.5 Å². The number of nitrogen functional groups attached to an aromatic ring is 1. The summed E-state index contributed by atoms with van der Waals surface area (Å²) in [4.78, 5) is 2.18. The van der Waals surface area contributed by atoms with Crippen molar-refractivity contribution in [1.29, 1.82) is 5.41 Å². The maximum Gasteiger partial charge on any atom is 0.138 e. The third-order valence-corrected chi connectivity index (χ3v) is 3.56. The van der Waals surface area contributed by atoms with E-state index in [0.717, 1.165) is 25.9 Å². The number of methoxy groups -OCH3 is 1. The lowest BCUT2D eigenvalue weighted by molar-refractivity contribution is 0.0282. The second kappa shape index (κ2) is 6.12. The fraction of sp³-hybridized carbons (Fsp3) is 0.500. The van der Waals surface area contributed by atoms with Crippen LogP contribution in [0.15, 0.2) is 18.2 Å². The van der Waals surface area contributed by atoms with Crippen molar-refractivity contribution in [3.63, 3.8) is 0 Å². The molecule has 19 heavy (non-hydrogen) atoms. The molecule has 1 unspecified atom stereocenters. The number of likely N-dealkylation sites (tertiary alicyclic amines) is 1. The van der Waals surface area contributed by atoms with Crippen LogP contribution in [-0.2, 0) is 11.3 Å². The number of hydrogen-bond donors (Lipinski definition) is 2. The van der Waals surface area contributed by atoms with Crippen molar-refractivity contribution in [3.05, 3.63) is 35.1 Å². The highest BCUT2D eigenvalue weighted by atomic mass is 19.1. The Morgan fingerprint density at radius 1 is 1.58 bits per heavy atom. The summed E-state index contributed by atoms with van der Waals surface area (Å²) in [6.45, 7) is 2.30. The molecule has 0 spiro atoms. The third-order valence-electron chi connectivity index (χ3n) is 3.56. The maximum absolute atomic E-state index is 14.2. The molecule has 0 amide bonds. The zero-order valence-corrected chi connectivity index (χ0v) is 11.2. The zero-order valence-electron chi connectivity index (χ0n) is 11.2. The first-order valence-electron chi connectivity index (χ1n) is 6.48. The van der Waals surface area contributed by atoms with Crippen molar-refractivity contribution in [2.75, 3.05) is 20.2 Å². The Morgan fingerprint density at radius 2 is 2.37 bits per heavy atom. The van der Waals surface area contributed by atoms with Crippen LogP contribution in [-0.4, -0.2) is 37.0 Å². The number of hydrogen-bond acceptors (Lipinski definition) is 3. The molecule has 1 fully saturated rings. The van der Waals surface area contributed by atoms with E-state index in [4.69, 9.17) is 15.9 Å². The van der Waals surface area contributed by atoms with E-state index in [0.29, 0.717) is 12.1 Å². The fourth-order valence-corrected chi connectivity index (χ4v) is 2.50. The van der Waals surface area contributed by atoms with E-state index < -0.39 is 0 Å². The number of nitrogens with zero attached hydrogens (tertiary/aromatic N) is 1. The maximum atomic E-state index is 14.2. The Bertz CT molecular complexity index is 464. The molecule has 2 rings (SSSR count). The van der Waals surface area contributed by atoms with Crippen LogP contribution in [0.2, 0.25) is 0 Å². The number of nitrogens with two attached hydrogens (primary N) is 1. The molecule has 0 aromatic heterocycles. The number of rotatable bonds is 4. The van der Waals surface area contributed by atoms with E-state index >= 15 is 0 Å². The normalized spacial score (nSPS) is 20.4. The van der Waals surface area contributed by atoms with E-state index in [1.54, 1.807) is 19.2 Å². The monoisotopic (exact) mass is 265 g/mol. The Morgan fingerprint density at radius 3 is 3.05 bits per heavy atom. The predicted molar refractivity (Wildman–Crippen MR) is 72.7 cm³/mol. The Labute approximate surface area is 112 Å².